The predicted octanol–water partition coefficient (Wildman–Crippen LogP) is 16.8. The summed E-state index contributed by atoms with van der Waals surface area (Å²) in [5.74, 6) is 0. The molecule has 0 fully saturated rings. The molecule has 10 rings (SSSR count). The van der Waals surface area contributed by atoms with Crippen LogP contribution in [0.25, 0.3) is 48.7 Å². The Labute approximate surface area is 363 Å². The second kappa shape index (κ2) is 17.4. The van der Waals surface area contributed by atoms with Crippen molar-refractivity contribution in [3.63, 3.8) is 0 Å². The highest BCUT2D eigenvalue weighted by atomic mass is 32.1. The molecule has 61 heavy (non-hydrogen) atoms. The third kappa shape index (κ3) is 8.25. The number of nitrogens with zero attached hydrogens (tertiary/aromatic N) is 2. The summed E-state index contributed by atoms with van der Waals surface area (Å²) in [4.78, 5) is 7.30. The maximum Gasteiger partial charge on any atom is 0.0462 e. The van der Waals surface area contributed by atoms with Gasteiger partial charge in [0, 0.05) is 43.9 Å². The van der Waals surface area contributed by atoms with Gasteiger partial charge in [0.15, 0.2) is 0 Å². The van der Waals surface area contributed by atoms with Crippen LogP contribution in [-0.2, 0) is 0 Å². The molecule has 1 heterocycles. The van der Waals surface area contributed by atoms with Gasteiger partial charge in [-0.1, -0.05) is 164 Å². The molecule has 9 aromatic rings. The number of hydrogen-bond acceptors (Lipinski definition) is 3. The maximum absolute atomic E-state index is 2.42. The normalized spacial score (nSPS) is 12.3. The van der Waals surface area contributed by atoms with E-state index >= 15 is 0 Å². The van der Waals surface area contributed by atoms with Gasteiger partial charge in [0.05, 0.1) is 0 Å². The van der Waals surface area contributed by atoms with Gasteiger partial charge in [-0.05, 0) is 136 Å². The van der Waals surface area contributed by atoms with E-state index in [0.717, 1.165) is 41.3 Å². The molecular formula is C58H44N2S. The highest BCUT2D eigenvalue weighted by molar-refractivity contribution is 7.18. The van der Waals surface area contributed by atoms with E-state index in [9.17, 15) is 0 Å². The zero-order valence-electron chi connectivity index (χ0n) is 33.8. The second-order valence-corrected chi connectivity index (χ2v) is 16.4. The average Bonchev–Trinajstić information content (AvgIpc) is 3.85. The van der Waals surface area contributed by atoms with Crippen LogP contribution in [0, 0.1) is 0 Å². The van der Waals surface area contributed by atoms with Crippen LogP contribution >= 0.6 is 11.3 Å². The molecule has 0 bridgehead atoms. The minimum Gasteiger partial charge on any atom is -0.314 e. The van der Waals surface area contributed by atoms with E-state index in [0.29, 0.717) is 0 Å². The van der Waals surface area contributed by atoms with Crippen molar-refractivity contribution in [3.05, 3.63) is 254 Å². The molecule has 3 heteroatoms. The molecule has 0 saturated carbocycles. The van der Waals surface area contributed by atoms with E-state index in [1.807, 2.05) is 11.3 Å². The molecule has 0 spiro atoms. The van der Waals surface area contributed by atoms with E-state index in [1.54, 1.807) is 0 Å². The zero-order valence-corrected chi connectivity index (χ0v) is 34.6. The summed E-state index contributed by atoms with van der Waals surface area (Å²) in [7, 11) is 0. The Hall–Kier alpha value is -7.46. The lowest BCUT2D eigenvalue weighted by atomic mass is 9.95. The fourth-order valence-corrected chi connectivity index (χ4v) is 9.29. The van der Waals surface area contributed by atoms with Crippen LogP contribution in [0.15, 0.2) is 248 Å². The van der Waals surface area contributed by atoms with Crippen LogP contribution < -0.4 is 9.80 Å². The molecule has 1 aliphatic carbocycles. The summed E-state index contributed by atoms with van der Waals surface area (Å²) in [5.41, 5.74) is 16.9. The lowest BCUT2D eigenvalue weighted by Crippen LogP contribution is -2.17. The number of rotatable bonds is 11. The number of thiophene rings is 1. The first-order valence-corrected chi connectivity index (χ1v) is 21.8. The Morgan fingerprint density at radius 1 is 0.262 bits per heavy atom. The molecule has 0 amide bonds. The Balaban J connectivity index is 0.925. The standard InChI is InChI=1S/C58H44N2S/c1-5-13-43(14-6-1)45-21-31-53(32-22-45)60(54-33-23-46(24-34-54)44-15-7-2-8-16-44)55-37-27-48(28-38-55)47-25-35-52(36-26-47)59(51-19-11-4-12-20-51)56-39-29-50(30-40-56)58-42-41-57(61-58)49-17-9-3-10-18-49/h1-23,25-33,35-42H,24,34H2. The SMILES string of the molecule is C1=C(c2ccccc2)CCC(N(c2ccc(-c3ccccc3)cc2)c2ccc(-c3ccc(N(c4ccccc4)c4ccc(-c5ccc(-c6ccccc6)s5)cc4)cc3)cc2)=C1. The van der Waals surface area contributed by atoms with Crippen molar-refractivity contribution in [2.45, 2.75) is 12.8 Å². The first-order chi connectivity index (χ1) is 30.2. The van der Waals surface area contributed by atoms with Crippen LogP contribution in [0.2, 0.25) is 0 Å². The van der Waals surface area contributed by atoms with E-state index in [1.165, 1.54) is 60.0 Å². The highest BCUT2D eigenvalue weighted by Gasteiger charge is 2.19. The molecule has 292 valence electrons. The van der Waals surface area contributed by atoms with Crippen molar-refractivity contribution >= 4 is 45.3 Å². The Morgan fingerprint density at radius 3 is 1.05 bits per heavy atom. The molecule has 0 N–H and O–H groups in total. The lowest BCUT2D eigenvalue weighted by Gasteiger charge is -2.30. The Morgan fingerprint density at radius 2 is 0.607 bits per heavy atom. The number of benzene rings is 8. The van der Waals surface area contributed by atoms with Gasteiger partial charge in [0.25, 0.3) is 0 Å². The van der Waals surface area contributed by atoms with Crippen molar-refractivity contribution < 1.29 is 0 Å². The van der Waals surface area contributed by atoms with Gasteiger partial charge in [0.1, 0.15) is 0 Å². The monoisotopic (exact) mass is 800 g/mol. The van der Waals surface area contributed by atoms with Crippen molar-refractivity contribution in [2.24, 2.45) is 0 Å². The van der Waals surface area contributed by atoms with Gasteiger partial charge in [-0.3, -0.25) is 0 Å². The number of anilines is 5. The van der Waals surface area contributed by atoms with Gasteiger partial charge in [0.2, 0.25) is 0 Å². The number of para-hydroxylation sites is 1. The van der Waals surface area contributed by atoms with Crippen LogP contribution in [0.5, 0.6) is 0 Å². The quantitative estimate of drug-likeness (QED) is 0.129. The van der Waals surface area contributed by atoms with E-state index < -0.39 is 0 Å². The zero-order chi connectivity index (χ0) is 40.8. The number of hydrogen-bond donors (Lipinski definition) is 0. The van der Waals surface area contributed by atoms with Crippen molar-refractivity contribution in [1.82, 2.24) is 0 Å². The minimum atomic E-state index is 0.953. The van der Waals surface area contributed by atoms with E-state index in [-0.39, 0.29) is 0 Å². The van der Waals surface area contributed by atoms with Crippen LogP contribution in [-0.4, -0.2) is 0 Å². The summed E-state index contributed by atoms with van der Waals surface area (Å²) >= 11 is 1.83. The molecule has 0 saturated heterocycles. The topological polar surface area (TPSA) is 6.48 Å². The largest absolute Gasteiger partial charge is 0.314 e. The van der Waals surface area contributed by atoms with Crippen molar-refractivity contribution in [3.8, 4) is 43.1 Å². The molecule has 0 unspecified atom stereocenters. The smallest absolute Gasteiger partial charge is 0.0462 e. The van der Waals surface area contributed by atoms with Crippen LogP contribution in [0.3, 0.4) is 0 Å². The van der Waals surface area contributed by atoms with Gasteiger partial charge in [-0.15, -0.1) is 11.3 Å². The van der Waals surface area contributed by atoms with Crippen molar-refractivity contribution in [1.29, 1.82) is 0 Å². The highest BCUT2D eigenvalue weighted by Crippen LogP contribution is 2.41. The van der Waals surface area contributed by atoms with Crippen molar-refractivity contribution in [2.75, 3.05) is 9.80 Å². The molecule has 2 nitrogen and oxygen atoms in total. The van der Waals surface area contributed by atoms with E-state index in [4.69, 9.17) is 0 Å². The fraction of sp³-hybridized carbons (Fsp3) is 0.0345. The molecule has 0 atom stereocenters. The average molecular weight is 801 g/mol. The minimum absolute atomic E-state index is 0.953. The second-order valence-electron chi connectivity index (χ2n) is 15.3. The summed E-state index contributed by atoms with van der Waals surface area (Å²) in [5, 5.41) is 0. The fourth-order valence-electron chi connectivity index (χ4n) is 8.28. The van der Waals surface area contributed by atoms with Gasteiger partial charge < -0.3 is 9.80 Å². The molecule has 0 aliphatic heterocycles. The first-order valence-electron chi connectivity index (χ1n) is 21.0. The van der Waals surface area contributed by atoms with Gasteiger partial charge in [-0.25, -0.2) is 0 Å². The summed E-state index contributed by atoms with van der Waals surface area (Å²) in [6.07, 6.45) is 6.55. The Kier molecular flexibility index (Phi) is 10.8. The van der Waals surface area contributed by atoms with Crippen LogP contribution in [0.1, 0.15) is 18.4 Å². The summed E-state index contributed by atoms with van der Waals surface area (Å²) in [6.45, 7) is 0. The summed E-state index contributed by atoms with van der Waals surface area (Å²) in [6, 6.07) is 83.0. The molecule has 1 aromatic heterocycles. The number of allylic oxidation sites excluding steroid dienone is 4. The lowest BCUT2D eigenvalue weighted by molar-refractivity contribution is 0.930. The third-order valence-electron chi connectivity index (χ3n) is 11.5. The first kappa shape index (κ1) is 37.8. The maximum atomic E-state index is 2.42. The molecular weight excluding hydrogens is 757 g/mol. The third-order valence-corrected chi connectivity index (χ3v) is 12.6. The summed E-state index contributed by atoms with van der Waals surface area (Å²) < 4.78 is 0. The molecule has 0 radical (unpaired) electrons. The Bertz CT molecular complexity index is 2900. The molecule has 1 aliphatic rings. The van der Waals surface area contributed by atoms with Gasteiger partial charge >= 0.3 is 0 Å². The molecule has 8 aromatic carbocycles. The predicted molar refractivity (Wildman–Crippen MR) is 261 cm³/mol. The van der Waals surface area contributed by atoms with Crippen LogP contribution in [0.4, 0.5) is 28.4 Å². The van der Waals surface area contributed by atoms with Gasteiger partial charge in [-0.2, -0.15) is 0 Å². The van der Waals surface area contributed by atoms with E-state index in [2.05, 4.69) is 252 Å².